The molecule has 0 saturated heterocycles. The summed E-state index contributed by atoms with van der Waals surface area (Å²) >= 11 is 0. The predicted octanol–water partition coefficient (Wildman–Crippen LogP) is 12.5. The minimum absolute atomic E-state index is 0. The van der Waals surface area contributed by atoms with Crippen molar-refractivity contribution in [3.8, 4) is 34.1 Å². The fourth-order valence-corrected chi connectivity index (χ4v) is 16.2. The first-order valence-corrected chi connectivity index (χ1v) is 25.6. The van der Waals surface area contributed by atoms with E-state index < -0.39 is 15.8 Å². The third-order valence-corrected chi connectivity index (χ3v) is 19.0. The average molecular weight is 1280 g/mol. The molecule has 0 saturated carbocycles. The normalized spacial score (nSPS) is 12.6. The zero-order chi connectivity index (χ0) is 45.7. The minimum Gasteiger partial charge on any atom is -0.366 e. The van der Waals surface area contributed by atoms with E-state index in [1.807, 2.05) is 24.3 Å². The Bertz CT molecular complexity index is 2920. The second kappa shape index (κ2) is 22.2. The molecule has 0 bridgehead atoms. The molecule has 0 heterocycles. The molecule has 0 aliphatic heterocycles. The molecule has 0 amide bonds. The fraction of sp³-hybridized carbons (Fsp3) is 0.0938. The van der Waals surface area contributed by atoms with E-state index in [-0.39, 0.29) is 55.6 Å². The van der Waals surface area contributed by atoms with Gasteiger partial charge in [-0.1, -0.05) is 197 Å². The Kier molecular flexibility index (Phi) is 16.5. The van der Waals surface area contributed by atoms with Crippen LogP contribution in [0.15, 0.2) is 231 Å². The Morgan fingerprint density at radius 2 is 0.574 bits per heavy atom. The summed E-state index contributed by atoms with van der Waals surface area (Å²) in [5.74, 6) is 5.14. The molecule has 0 nitrogen and oxygen atoms in total. The molecule has 2 aliphatic rings. The van der Waals surface area contributed by atoms with E-state index in [1.54, 1.807) is 0 Å². The van der Waals surface area contributed by atoms with E-state index in [1.165, 1.54) is 76.3 Å². The van der Waals surface area contributed by atoms with Gasteiger partial charge in [0.15, 0.2) is 0 Å². The smallest absolute Gasteiger partial charge is 0.366 e. The van der Waals surface area contributed by atoms with Crippen LogP contribution in [0.3, 0.4) is 0 Å². The first-order chi connectivity index (χ1) is 32.2. The summed E-state index contributed by atoms with van der Waals surface area (Å²) in [5.41, 5.74) is 12.0. The van der Waals surface area contributed by atoms with Crippen molar-refractivity contribution in [3.05, 3.63) is 277 Å². The van der Waals surface area contributed by atoms with E-state index in [9.17, 15) is 0 Å². The Hall–Kier alpha value is -5.56. The molecule has 0 unspecified atom stereocenters. The topological polar surface area (TPSA) is 0 Å². The van der Waals surface area contributed by atoms with Crippen LogP contribution in [0, 0.1) is 24.7 Å². The summed E-state index contributed by atoms with van der Waals surface area (Å²) in [4.78, 5) is 0. The molecular weight excluding hydrogens is 1220 g/mol. The zero-order valence-electron chi connectivity index (χ0n) is 38.5. The van der Waals surface area contributed by atoms with Gasteiger partial charge in [-0.25, -0.2) is 0 Å². The Morgan fingerprint density at radius 3 is 0.882 bits per heavy atom. The van der Waals surface area contributed by atoms with Crippen molar-refractivity contribution in [2.75, 3.05) is 0 Å². The molecule has 9 aromatic rings. The van der Waals surface area contributed by atoms with Gasteiger partial charge in [0.25, 0.3) is 0 Å². The summed E-state index contributed by atoms with van der Waals surface area (Å²) in [6.07, 6.45) is 14.9. The minimum atomic E-state index is -1.14. The predicted molar refractivity (Wildman–Crippen MR) is 287 cm³/mol. The van der Waals surface area contributed by atoms with Crippen molar-refractivity contribution in [3.63, 3.8) is 0 Å². The van der Waals surface area contributed by atoms with Crippen LogP contribution in [-0.4, -0.2) is 0 Å². The molecule has 9 aromatic carbocycles. The van der Waals surface area contributed by atoms with Crippen LogP contribution in [0.4, 0.5) is 0 Å². The van der Waals surface area contributed by atoms with E-state index >= 15 is 0 Å². The van der Waals surface area contributed by atoms with Gasteiger partial charge in [-0.05, 0) is 94.0 Å². The van der Waals surface area contributed by atoms with Gasteiger partial charge in [-0.3, -0.25) is 11.8 Å². The van der Waals surface area contributed by atoms with Gasteiger partial charge >= 0.3 is 44.8 Å². The van der Waals surface area contributed by atoms with Crippen LogP contribution in [0.1, 0.15) is 61.1 Å². The molecule has 2 aliphatic carbocycles. The van der Waals surface area contributed by atoms with Crippen LogP contribution in [-0.2, 0) is 55.6 Å². The summed E-state index contributed by atoms with van der Waals surface area (Å²) in [7, 11) is -2.28. The van der Waals surface area contributed by atoms with Crippen molar-refractivity contribution < 1.29 is 44.8 Å². The molecular formula is C64H52Au2P2+2. The van der Waals surface area contributed by atoms with Crippen LogP contribution in [0.2, 0.25) is 0 Å². The van der Waals surface area contributed by atoms with E-state index in [4.69, 9.17) is 12.8 Å². The summed E-state index contributed by atoms with van der Waals surface area (Å²) in [5, 5.41) is 8.71. The van der Waals surface area contributed by atoms with Crippen molar-refractivity contribution in [1.29, 1.82) is 0 Å². The monoisotopic (exact) mass is 1280 g/mol. The van der Waals surface area contributed by atoms with Crippen molar-refractivity contribution in [2.45, 2.75) is 38.5 Å². The largest absolute Gasteiger partial charge is 1.00 e. The Labute approximate surface area is 438 Å². The molecule has 0 radical (unpaired) electrons. The standard InChI is InChI=1S/C30H24P2.2C17H13.2Au/c1-5-15-25(16-6-1)31(26-17-7-2-8-18-26)29-23-13-14-24-30(29)32(27-19-9-3-10-20-27)28-21-11-4-12-22-28;2*1-4-12-8-7-10-14-13-9-5-6-11-15(13)17(2,3)16(12)14;;/h1-24H;2*5-11H,2-3H3;;/q;2*-1;2*+1/p+2. The maximum atomic E-state index is 7.45. The number of hydrogen-bond acceptors (Lipinski definition) is 0. The zero-order valence-corrected chi connectivity index (χ0v) is 44.9. The maximum absolute atomic E-state index is 7.45. The van der Waals surface area contributed by atoms with Gasteiger partial charge in [0, 0.05) is 10.8 Å². The van der Waals surface area contributed by atoms with Gasteiger partial charge in [-0.2, -0.15) is 0 Å². The van der Waals surface area contributed by atoms with Gasteiger partial charge in [-0.15, -0.1) is 23.3 Å². The fourth-order valence-electron chi connectivity index (χ4n) is 10.2. The average Bonchev–Trinajstić information content (AvgIpc) is 3.76. The van der Waals surface area contributed by atoms with Gasteiger partial charge in [0.2, 0.25) is 0 Å². The third kappa shape index (κ3) is 9.82. The second-order valence-corrected chi connectivity index (χ2v) is 22.7. The van der Waals surface area contributed by atoms with Crippen molar-refractivity contribution in [1.82, 2.24) is 0 Å². The summed E-state index contributed by atoms with van der Waals surface area (Å²) < 4.78 is 0. The number of fused-ring (bicyclic) bond motifs is 6. The van der Waals surface area contributed by atoms with E-state index in [0.29, 0.717) is 0 Å². The van der Waals surface area contributed by atoms with Gasteiger partial charge < -0.3 is 12.8 Å². The SMILES string of the molecule is [Au+].[Au+].[C-]#Cc1cccc2c1C(C)(C)c1ccccc1-2.[C-]#Cc1cccc2c1C(C)(C)c1ccccc1-2.c1ccc([PH+](c2ccccc2)c2ccccc2[PH+](c2ccccc2)c2ccccc2)cc1. The molecule has 0 fully saturated rings. The van der Waals surface area contributed by atoms with Crippen LogP contribution < -0.4 is 31.8 Å². The van der Waals surface area contributed by atoms with Crippen molar-refractivity contribution in [2.24, 2.45) is 0 Å². The Balaban J connectivity index is 0.000000161. The van der Waals surface area contributed by atoms with Gasteiger partial charge in [0.05, 0.1) is 0 Å². The van der Waals surface area contributed by atoms with E-state index in [0.717, 1.165) is 11.1 Å². The van der Waals surface area contributed by atoms with Crippen molar-refractivity contribution >= 4 is 47.7 Å². The third-order valence-electron chi connectivity index (χ3n) is 13.1. The molecule has 0 aromatic heterocycles. The first-order valence-electron chi connectivity index (χ1n) is 22.6. The molecule has 0 spiro atoms. The Morgan fingerprint density at radius 1 is 0.309 bits per heavy atom. The van der Waals surface area contributed by atoms with Crippen LogP contribution in [0.25, 0.3) is 22.3 Å². The number of rotatable bonds is 6. The molecule has 68 heavy (non-hydrogen) atoms. The number of hydrogen-bond donors (Lipinski definition) is 0. The molecule has 0 N–H and O–H groups in total. The first kappa shape index (κ1) is 50.3. The number of benzene rings is 9. The van der Waals surface area contributed by atoms with Gasteiger partial charge in [0.1, 0.15) is 47.7 Å². The molecule has 338 valence electrons. The molecule has 0 atom stereocenters. The van der Waals surface area contributed by atoms with E-state index in [2.05, 4.69) is 246 Å². The summed E-state index contributed by atoms with van der Waals surface area (Å²) in [6.45, 7) is 8.88. The maximum Gasteiger partial charge on any atom is 1.00 e. The second-order valence-electron chi connectivity index (χ2n) is 17.8. The van der Waals surface area contributed by atoms with Crippen LogP contribution in [0.5, 0.6) is 0 Å². The van der Waals surface area contributed by atoms with Crippen LogP contribution >= 0.6 is 15.8 Å². The molecule has 4 heteroatoms. The quantitative estimate of drug-likeness (QED) is 0.0674. The molecule has 11 rings (SSSR count). The summed E-state index contributed by atoms with van der Waals surface area (Å²) in [6, 6.07) is 82.7.